The summed E-state index contributed by atoms with van der Waals surface area (Å²) in [5, 5.41) is 13.5. The number of ketones is 1. The van der Waals surface area contributed by atoms with Gasteiger partial charge in [0.25, 0.3) is 0 Å². The number of para-hydroxylation sites is 1. The molecule has 12 heteroatoms. The molecule has 1 saturated heterocycles. The Morgan fingerprint density at radius 2 is 1.81 bits per heavy atom. The van der Waals surface area contributed by atoms with Gasteiger partial charge in [-0.25, -0.2) is 4.79 Å². The number of halogens is 1. The van der Waals surface area contributed by atoms with Crippen LogP contribution in [0.5, 0.6) is 5.75 Å². The molecule has 3 N–H and O–H groups in total. The average molecular weight is 656 g/mol. The Morgan fingerprint density at radius 3 is 2.51 bits per heavy atom. The van der Waals surface area contributed by atoms with Crippen molar-refractivity contribution in [1.29, 1.82) is 0 Å². The third-order valence-electron chi connectivity index (χ3n) is 8.01. The lowest BCUT2D eigenvalue weighted by Crippen LogP contribution is -2.55. The zero-order valence-corrected chi connectivity index (χ0v) is 26.9. The molecule has 3 heterocycles. The number of amidine groups is 1. The number of aliphatic carboxylic acids is 1. The second-order valence-electron chi connectivity index (χ2n) is 12.5. The molecule has 6 rings (SSSR count). The van der Waals surface area contributed by atoms with E-state index in [1.807, 2.05) is 63.4 Å². The van der Waals surface area contributed by atoms with Crippen LogP contribution in [-0.4, -0.2) is 74.7 Å². The summed E-state index contributed by atoms with van der Waals surface area (Å²) in [4.78, 5) is 62.9. The minimum absolute atomic E-state index is 0.123. The van der Waals surface area contributed by atoms with Gasteiger partial charge in [-0.15, -0.1) is 0 Å². The third kappa shape index (κ3) is 6.57. The first-order valence-corrected chi connectivity index (χ1v) is 15.6. The van der Waals surface area contributed by atoms with Crippen LogP contribution in [0.4, 0.5) is 4.79 Å². The van der Waals surface area contributed by atoms with Crippen LogP contribution in [0.25, 0.3) is 10.9 Å². The van der Waals surface area contributed by atoms with Gasteiger partial charge in [0.05, 0.1) is 11.6 Å². The Balaban J connectivity index is 1.58. The van der Waals surface area contributed by atoms with Gasteiger partial charge in [0.15, 0.2) is 5.78 Å². The van der Waals surface area contributed by atoms with Crippen LogP contribution in [-0.2, 0) is 9.59 Å². The molecular formula is C35H34ClN5O6. The van der Waals surface area contributed by atoms with Crippen LogP contribution in [0.1, 0.15) is 66.3 Å². The lowest BCUT2D eigenvalue weighted by atomic mass is 9.93. The fourth-order valence-corrected chi connectivity index (χ4v) is 6.13. The molecule has 47 heavy (non-hydrogen) atoms. The molecule has 0 radical (unpaired) electrons. The van der Waals surface area contributed by atoms with Crippen molar-refractivity contribution in [1.82, 2.24) is 20.1 Å². The number of ether oxygens (including phenoxy) is 1. The molecular weight excluding hydrogens is 622 g/mol. The quantitative estimate of drug-likeness (QED) is 0.171. The highest BCUT2D eigenvalue weighted by Gasteiger charge is 2.46. The predicted octanol–water partition coefficient (Wildman–Crippen LogP) is 5.75. The summed E-state index contributed by atoms with van der Waals surface area (Å²) < 4.78 is 6.36. The van der Waals surface area contributed by atoms with Gasteiger partial charge in [0.1, 0.15) is 36.2 Å². The van der Waals surface area contributed by atoms with Crippen molar-refractivity contribution in [3.8, 4) is 5.75 Å². The maximum Gasteiger partial charge on any atom is 0.326 e. The van der Waals surface area contributed by atoms with Gasteiger partial charge in [-0.05, 0) is 56.7 Å². The Bertz CT molecular complexity index is 1910. The molecule has 1 aromatic heterocycles. The number of fused-ring (bicyclic) bond motifs is 1. The van der Waals surface area contributed by atoms with Crippen LogP contribution in [0.2, 0.25) is 5.02 Å². The molecule has 2 atom stereocenters. The monoisotopic (exact) mass is 655 g/mol. The first-order valence-electron chi connectivity index (χ1n) is 15.2. The number of carbonyl (C=O) groups excluding carboxylic acids is 3. The molecule has 0 spiro atoms. The number of amides is 3. The van der Waals surface area contributed by atoms with Crippen LogP contribution in [0, 0.1) is 0 Å². The average Bonchev–Trinajstić information content (AvgIpc) is 3.62. The number of urea groups is 1. The smallest absolute Gasteiger partial charge is 0.326 e. The van der Waals surface area contributed by atoms with E-state index in [0.29, 0.717) is 23.7 Å². The number of nitrogens with one attached hydrogen (secondary N) is 2. The molecule has 0 bridgehead atoms. The van der Waals surface area contributed by atoms with E-state index < -0.39 is 41.9 Å². The molecule has 0 saturated carbocycles. The van der Waals surface area contributed by atoms with Gasteiger partial charge in [0.2, 0.25) is 5.91 Å². The summed E-state index contributed by atoms with van der Waals surface area (Å²) in [5.74, 6) is -1.55. The minimum atomic E-state index is -1.24. The number of rotatable bonds is 7. The number of Topliss-reactive ketones (excluding diaryl/α,β-unsaturated/α-hetero) is 1. The molecule has 242 valence electrons. The van der Waals surface area contributed by atoms with E-state index in [9.17, 15) is 24.3 Å². The van der Waals surface area contributed by atoms with Gasteiger partial charge in [-0.3, -0.25) is 24.3 Å². The maximum absolute atomic E-state index is 14.6. The second-order valence-corrected chi connectivity index (χ2v) is 13.0. The highest BCUT2D eigenvalue weighted by Crippen LogP contribution is 2.47. The zero-order chi connectivity index (χ0) is 33.5. The van der Waals surface area contributed by atoms with Crippen LogP contribution >= 0.6 is 11.6 Å². The van der Waals surface area contributed by atoms with E-state index in [-0.39, 0.29) is 29.6 Å². The molecule has 1 fully saturated rings. The molecule has 3 amide bonds. The molecule has 2 aliphatic heterocycles. The molecule has 2 aliphatic rings. The number of hydrogen-bond donors (Lipinski definition) is 3. The number of H-pyrrole nitrogens is 1. The number of carboxylic acids is 1. The first-order chi connectivity index (χ1) is 22.4. The lowest BCUT2D eigenvalue weighted by molar-refractivity contribution is -0.136. The summed E-state index contributed by atoms with van der Waals surface area (Å²) in [6.45, 7) is 6.02. The van der Waals surface area contributed by atoms with Crippen molar-refractivity contribution in [2.45, 2.75) is 44.9 Å². The first kappa shape index (κ1) is 31.8. The Morgan fingerprint density at radius 1 is 1.06 bits per heavy atom. The third-order valence-corrected chi connectivity index (χ3v) is 8.26. The van der Waals surface area contributed by atoms with E-state index in [0.717, 1.165) is 22.0 Å². The fourth-order valence-electron chi connectivity index (χ4n) is 6.00. The molecule has 11 nitrogen and oxygen atoms in total. The standard InChI is InChI=1S/C35H34ClN5O6/c1-35(2,3)47-28-16-21(27(42)17-30(44)45)10-13-24(28)33-39-31(25-18-38-26-7-5-4-6-23(25)26)32(20-8-11-22(36)12-9-20)41(33)34(46)40-15-14-37-29(43)19-40/h4-13,16,18,31-32,38H,14-15,17,19H2,1-3H3,(H,37,43)(H,44,45)/t31-,32+/m0/s1. The van der Waals surface area contributed by atoms with Crippen LogP contribution in [0.3, 0.4) is 0 Å². The highest BCUT2D eigenvalue weighted by atomic mass is 35.5. The van der Waals surface area contributed by atoms with Gasteiger partial charge >= 0.3 is 12.0 Å². The predicted molar refractivity (Wildman–Crippen MR) is 177 cm³/mol. The number of hydrogen-bond acceptors (Lipinski definition) is 6. The number of nitrogens with zero attached hydrogens (tertiary/aromatic N) is 3. The van der Waals surface area contributed by atoms with Crippen molar-refractivity contribution >= 4 is 52.0 Å². The summed E-state index contributed by atoms with van der Waals surface area (Å²) in [6, 6.07) is 18.0. The number of aromatic amines is 1. The van der Waals surface area contributed by atoms with Crippen molar-refractivity contribution < 1.29 is 29.0 Å². The largest absolute Gasteiger partial charge is 0.487 e. The van der Waals surface area contributed by atoms with Gasteiger partial charge in [-0.2, -0.15) is 0 Å². The summed E-state index contributed by atoms with van der Waals surface area (Å²) >= 11 is 6.30. The van der Waals surface area contributed by atoms with Gasteiger partial charge in [0, 0.05) is 46.3 Å². The van der Waals surface area contributed by atoms with Gasteiger partial charge in [-0.1, -0.05) is 48.0 Å². The fraction of sp³-hybridized carbons (Fsp3) is 0.286. The van der Waals surface area contributed by atoms with E-state index in [1.165, 1.54) is 17.0 Å². The molecule has 3 aromatic carbocycles. The molecule has 0 aliphatic carbocycles. The molecule has 4 aromatic rings. The lowest BCUT2D eigenvalue weighted by Gasteiger charge is -2.36. The number of aromatic nitrogens is 1. The summed E-state index contributed by atoms with van der Waals surface area (Å²) in [5.41, 5.74) is 2.39. The van der Waals surface area contributed by atoms with Crippen molar-refractivity contribution in [3.63, 3.8) is 0 Å². The topological polar surface area (TPSA) is 144 Å². The number of aliphatic imine (C=N–C) groups is 1. The second kappa shape index (κ2) is 12.6. The summed E-state index contributed by atoms with van der Waals surface area (Å²) in [6.07, 6.45) is 1.21. The summed E-state index contributed by atoms with van der Waals surface area (Å²) in [7, 11) is 0. The van der Waals surface area contributed by atoms with E-state index >= 15 is 0 Å². The number of carboxylic acid groups (broad SMARTS) is 1. The highest BCUT2D eigenvalue weighted by molar-refractivity contribution is 6.30. The Labute approximate surface area is 276 Å². The minimum Gasteiger partial charge on any atom is -0.487 e. The Hall–Kier alpha value is -5.16. The van der Waals surface area contributed by atoms with E-state index in [4.69, 9.17) is 21.3 Å². The van der Waals surface area contributed by atoms with Crippen molar-refractivity contribution in [3.05, 3.63) is 100 Å². The number of carbonyl (C=O) groups is 4. The SMILES string of the molecule is CC(C)(C)Oc1cc(C(=O)CC(=O)O)ccc1C1=N[C@@H](c2c[nH]c3ccccc23)[C@@H](c2ccc(Cl)cc2)N1C(=O)N1CCNC(=O)C1. The van der Waals surface area contributed by atoms with E-state index in [2.05, 4.69) is 10.3 Å². The van der Waals surface area contributed by atoms with Crippen molar-refractivity contribution in [2.75, 3.05) is 19.6 Å². The maximum atomic E-state index is 14.6. The number of benzene rings is 3. The van der Waals surface area contributed by atoms with Crippen LogP contribution < -0.4 is 10.1 Å². The molecule has 0 unspecified atom stereocenters. The van der Waals surface area contributed by atoms with Crippen LogP contribution in [0.15, 0.2) is 77.9 Å². The number of piperazine rings is 1. The Kier molecular flexibility index (Phi) is 8.50. The van der Waals surface area contributed by atoms with Crippen molar-refractivity contribution in [2.24, 2.45) is 4.99 Å². The zero-order valence-electron chi connectivity index (χ0n) is 26.1. The normalized spacial score (nSPS) is 18.2. The van der Waals surface area contributed by atoms with E-state index in [1.54, 1.807) is 23.1 Å². The van der Waals surface area contributed by atoms with Gasteiger partial charge < -0.3 is 25.0 Å².